The van der Waals surface area contributed by atoms with Crippen LogP contribution in [0.3, 0.4) is 0 Å². The summed E-state index contributed by atoms with van der Waals surface area (Å²) in [5.74, 6) is 1.39. The van der Waals surface area contributed by atoms with Crippen LogP contribution < -0.4 is 15.2 Å². The minimum atomic E-state index is -0.984. The van der Waals surface area contributed by atoms with Gasteiger partial charge in [-0.25, -0.2) is 0 Å². The van der Waals surface area contributed by atoms with Crippen LogP contribution in [0.5, 0.6) is 11.5 Å². The average Bonchev–Trinajstić information content (AvgIpc) is 2.29. The molecule has 1 unspecified atom stereocenters. The summed E-state index contributed by atoms with van der Waals surface area (Å²) < 4.78 is 10.6. The van der Waals surface area contributed by atoms with Gasteiger partial charge < -0.3 is 20.3 Å². The summed E-state index contributed by atoms with van der Waals surface area (Å²) in [4.78, 5) is 0. The predicted molar refractivity (Wildman–Crippen MR) is 56.1 cm³/mol. The van der Waals surface area contributed by atoms with Gasteiger partial charge in [-0.05, 0) is 18.2 Å². The molecule has 1 heterocycles. The molecule has 3 N–H and O–H groups in total. The number of fused-ring (bicyclic) bond motifs is 1. The highest BCUT2D eigenvalue weighted by Crippen LogP contribution is 2.38. The van der Waals surface area contributed by atoms with E-state index >= 15 is 0 Å². The number of ether oxygens (including phenoxy) is 2. The van der Waals surface area contributed by atoms with Crippen LogP contribution in [0.4, 0.5) is 0 Å². The van der Waals surface area contributed by atoms with Crippen molar-refractivity contribution in [2.24, 2.45) is 5.73 Å². The fourth-order valence-electron chi connectivity index (χ4n) is 1.80. The first-order valence-corrected chi connectivity index (χ1v) is 4.93. The smallest absolute Gasteiger partial charge is 0.125 e. The zero-order valence-electron chi connectivity index (χ0n) is 8.69. The topological polar surface area (TPSA) is 64.7 Å². The number of methoxy groups -OCH3 is 1. The van der Waals surface area contributed by atoms with Crippen molar-refractivity contribution in [3.8, 4) is 11.5 Å². The molecule has 0 saturated carbocycles. The Hall–Kier alpha value is -1.26. The first-order chi connectivity index (χ1) is 7.19. The lowest BCUT2D eigenvalue weighted by molar-refractivity contribution is 0.00513. The van der Waals surface area contributed by atoms with E-state index < -0.39 is 5.60 Å². The van der Waals surface area contributed by atoms with Crippen LogP contribution in [0.15, 0.2) is 18.2 Å². The Morgan fingerprint density at radius 3 is 3.07 bits per heavy atom. The third-order valence-electron chi connectivity index (χ3n) is 2.80. The number of nitrogens with two attached hydrogens (primary N) is 1. The van der Waals surface area contributed by atoms with E-state index in [1.807, 2.05) is 0 Å². The summed E-state index contributed by atoms with van der Waals surface area (Å²) >= 11 is 0. The van der Waals surface area contributed by atoms with Crippen molar-refractivity contribution < 1.29 is 14.6 Å². The Labute approximate surface area is 88.6 Å². The molecule has 0 saturated heterocycles. The van der Waals surface area contributed by atoms with Crippen LogP contribution in [0.2, 0.25) is 0 Å². The van der Waals surface area contributed by atoms with Gasteiger partial charge in [0.2, 0.25) is 0 Å². The second-order valence-electron chi connectivity index (χ2n) is 3.70. The van der Waals surface area contributed by atoms with Gasteiger partial charge in [-0.15, -0.1) is 0 Å². The maximum atomic E-state index is 10.3. The lowest BCUT2D eigenvalue weighted by atomic mass is 9.88. The van der Waals surface area contributed by atoms with E-state index in [4.69, 9.17) is 15.2 Å². The number of benzene rings is 1. The van der Waals surface area contributed by atoms with Gasteiger partial charge >= 0.3 is 0 Å². The summed E-state index contributed by atoms with van der Waals surface area (Å²) in [5, 5.41) is 10.3. The van der Waals surface area contributed by atoms with E-state index in [9.17, 15) is 5.11 Å². The minimum Gasteiger partial charge on any atom is -0.497 e. The SMILES string of the molecule is COc1ccc2c(c1)C(O)(CN)CCO2. The van der Waals surface area contributed by atoms with Crippen molar-refractivity contribution in [1.82, 2.24) is 0 Å². The number of aliphatic hydroxyl groups is 1. The molecule has 0 radical (unpaired) electrons. The molecule has 0 aromatic heterocycles. The van der Waals surface area contributed by atoms with Crippen molar-refractivity contribution in [3.05, 3.63) is 23.8 Å². The molecule has 1 aromatic carbocycles. The van der Waals surface area contributed by atoms with Gasteiger partial charge in [0.25, 0.3) is 0 Å². The molecule has 15 heavy (non-hydrogen) atoms. The molecule has 0 fully saturated rings. The quantitative estimate of drug-likeness (QED) is 0.749. The fraction of sp³-hybridized carbons (Fsp3) is 0.455. The Balaban J connectivity index is 2.48. The molecule has 0 amide bonds. The van der Waals surface area contributed by atoms with Crippen LogP contribution in [0.1, 0.15) is 12.0 Å². The highest BCUT2D eigenvalue weighted by atomic mass is 16.5. The molecule has 0 bridgehead atoms. The van der Waals surface area contributed by atoms with Crippen molar-refractivity contribution in [2.45, 2.75) is 12.0 Å². The normalized spacial score (nSPS) is 24.2. The van der Waals surface area contributed by atoms with Gasteiger partial charge in [0, 0.05) is 18.5 Å². The molecule has 0 aliphatic carbocycles. The van der Waals surface area contributed by atoms with Crippen LogP contribution >= 0.6 is 0 Å². The van der Waals surface area contributed by atoms with Gasteiger partial charge in [0.15, 0.2) is 0 Å². The van der Waals surface area contributed by atoms with Gasteiger partial charge in [-0.1, -0.05) is 0 Å². The third-order valence-corrected chi connectivity index (χ3v) is 2.80. The molecular formula is C11H15NO3. The largest absolute Gasteiger partial charge is 0.497 e. The van der Waals surface area contributed by atoms with Crippen LogP contribution in [-0.2, 0) is 5.60 Å². The molecule has 82 valence electrons. The van der Waals surface area contributed by atoms with Crippen molar-refractivity contribution in [1.29, 1.82) is 0 Å². The van der Waals surface area contributed by atoms with E-state index in [0.717, 1.165) is 5.56 Å². The first-order valence-electron chi connectivity index (χ1n) is 4.93. The molecule has 1 aliphatic rings. The lowest BCUT2D eigenvalue weighted by Crippen LogP contribution is -2.39. The molecule has 1 aliphatic heterocycles. The number of hydrogen-bond acceptors (Lipinski definition) is 4. The number of rotatable bonds is 2. The van der Waals surface area contributed by atoms with E-state index in [2.05, 4.69) is 0 Å². The second-order valence-corrected chi connectivity index (χ2v) is 3.70. The summed E-state index contributed by atoms with van der Waals surface area (Å²) in [5.41, 5.74) is 5.33. The Bertz CT molecular complexity index is 367. The summed E-state index contributed by atoms with van der Waals surface area (Å²) in [6.45, 7) is 0.684. The summed E-state index contributed by atoms with van der Waals surface area (Å²) in [6, 6.07) is 5.39. The van der Waals surface area contributed by atoms with Crippen molar-refractivity contribution in [2.75, 3.05) is 20.3 Å². The van der Waals surface area contributed by atoms with Crippen LogP contribution in [-0.4, -0.2) is 25.4 Å². The van der Waals surface area contributed by atoms with Gasteiger partial charge in [0.1, 0.15) is 17.1 Å². The molecule has 4 heteroatoms. The van der Waals surface area contributed by atoms with E-state index in [-0.39, 0.29) is 6.54 Å². The van der Waals surface area contributed by atoms with Gasteiger partial charge in [-0.2, -0.15) is 0 Å². The van der Waals surface area contributed by atoms with Crippen LogP contribution in [0, 0.1) is 0 Å². The zero-order valence-corrected chi connectivity index (χ0v) is 8.69. The molecule has 4 nitrogen and oxygen atoms in total. The molecule has 1 atom stereocenters. The third kappa shape index (κ3) is 1.66. The van der Waals surface area contributed by atoms with Crippen molar-refractivity contribution >= 4 is 0 Å². The second kappa shape index (κ2) is 3.72. The zero-order chi connectivity index (χ0) is 10.9. The Morgan fingerprint density at radius 2 is 2.40 bits per heavy atom. The van der Waals surface area contributed by atoms with Crippen LogP contribution in [0.25, 0.3) is 0 Å². The summed E-state index contributed by atoms with van der Waals surface area (Å²) in [7, 11) is 1.59. The standard InChI is InChI=1S/C11H15NO3/c1-14-8-2-3-10-9(6-8)11(13,7-12)4-5-15-10/h2-3,6,13H,4-5,7,12H2,1H3. The summed E-state index contributed by atoms with van der Waals surface area (Å²) in [6.07, 6.45) is 0.518. The fourth-order valence-corrected chi connectivity index (χ4v) is 1.80. The minimum absolute atomic E-state index is 0.191. The van der Waals surface area contributed by atoms with E-state index in [1.54, 1.807) is 25.3 Å². The van der Waals surface area contributed by atoms with Crippen molar-refractivity contribution in [3.63, 3.8) is 0 Å². The highest BCUT2D eigenvalue weighted by Gasteiger charge is 2.34. The average molecular weight is 209 g/mol. The molecule has 1 aromatic rings. The lowest BCUT2D eigenvalue weighted by Gasteiger charge is -2.33. The van der Waals surface area contributed by atoms with Gasteiger partial charge in [-0.3, -0.25) is 0 Å². The molecule has 0 spiro atoms. The monoisotopic (exact) mass is 209 g/mol. The maximum absolute atomic E-state index is 10.3. The Kier molecular flexibility index (Phi) is 2.54. The number of hydrogen-bond donors (Lipinski definition) is 2. The molecular weight excluding hydrogens is 194 g/mol. The van der Waals surface area contributed by atoms with E-state index in [0.29, 0.717) is 24.5 Å². The molecule has 2 rings (SSSR count). The van der Waals surface area contributed by atoms with E-state index in [1.165, 1.54) is 0 Å². The maximum Gasteiger partial charge on any atom is 0.125 e. The first kappa shape index (κ1) is 10.3. The predicted octanol–water partition coefficient (Wildman–Crippen LogP) is 0.624. The van der Waals surface area contributed by atoms with Gasteiger partial charge in [0.05, 0.1) is 13.7 Å². The highest BCUT2D eigenvalue weighted by molar-refractivity contribution is 5.45. The Morgan fingerprint density at radius 1 is 1.60 bits per heavy atom.